The van der Waals surface area contributed by atoms with Gasteiger partial charge in [0, 0.05) is 27.0 Å². The molecule has 0 atom stereocenters. The molecule has 144 valence electrons. The molecule has 0 spiro atoms. The number of para-hydroxylation sites is 2. The molecule has 0 aliphatic carbocycles. The highest BCUT2D eigenvalue weighted by Gasteiger charge is 2.35. The molecule has 4 rings (SSSR count). The third-order valence-electron chi connectivity index (χ3n) is 4.15. The van der Waals surface area contributed by atoms with Crippen molar-refractivity contribution < 1.29 is 14.4 Å². The van der Waals surface area contributed by atoms with Crippen LogP contribution in [-0.2, 0) is 9.63 Å². The topological polar surface area (TPSA) is 71.0 Å². The molecule has 6 nitrogen and oxygen atoms in total. The molecule has 2 amide bonds. The summed E-state index contributed by atoms with van der Waals surface area (Å²) in [5, 5.41) is 6.99. The quantitative estimate of drug-likeness (QED) is 0.436. The summed E-state index contributed by atoms with van der Waals surface area (Å²) in [5.74, 6) is -0.393. The molecule has 1 aliphatic rings. The van der Waals surface area contributed by atoms with Crippen molar-refractivity contribution in [3.63, 3.8) is 0 Å². The molecule has 0 unspecified atom stereocenters. The number of nitrogens with one attached hydrogen (secondary N) is 1. The Hall–Kier alpha value is -3.35. The average molecular weight is 426 g/mol. The van der Waals surface area contributed by atoms with Crippen LogP contribution in [0.4, 0.5) is 21.9 Å². The monoisotopic (exact) mass is 425 g/mol. The maximum atomic E-state index is 13.0. The second-order valence-electron chi connectivity index (χ2n) is 6.10. The van der Waals surface area contributed by atoms with Crippen LogP contribution in [0.15, 0.2) is 78.0 Å². The van der Waals surface area contributed by atoms with Gasteiger partial charge in [-0.2, -0.15) is 0 Å². The van der Waals surface area contributed by atoms with E-state index in [1.165, 1.54) is 23.1 Å². The number of carbonyl (C=O) groups is 2. The molecule has 0 aromatic heterocycles. The van der Waals surface area contributed by atoms with Crippen LogP contribution < -0.4 is 10.2 Å². The summed E-state index contributed by atoms with van der Waals surface area (Å²) in [5.41, 5.74) is 2.29. The van der Waals surface area contributed by atoms with Gasteiger partial charge < -0.3 is 0 Å². The first-order valence-corrected chi connectivity index (χ1v) is 9.29. The van der Waals surface area contributed by atoms with Gasteiger partial charge in [0.2, 0.25) is 0 Å². The number of rotatable bonds is 3. The molecule has 0 saturated heterocycles. The Morgan fingerprint density at radius 1 is 0.931 bits per heavy atom. The van der Waals surface area contributed by atoms with E-state index in [2.05, 4.69) is 10.5 Å². The lowest BCUT2D eigenvalue weighted by Gasteiger charge is -2.16. The number of amides is 2. The molecule has 1 heterocycles. The minimum atomic E-state index is -0.876. The van der Waals surface area contributed by atoms with E-state index < -0.39 is 12.0 Å². The van der Waals surface area contributed by atoms with Crippen molar-refractivity contribution in [2.24, 2.45) is 5.16 Å². The van der Waals surface area contributed by atoms with Crippen molar-refractivity contribution in [1.82, 2.24) is 0 Å². The first kappa shape index (κ1) is 19.0. The maximum absolute atomic E-state index is 13.0. The Morgan fingerprint density at radius 3 is 2.31 bits per heavy atom. The van der Waals surface area contributed by atoms with Crippen molar-refractivity contribution in [2.45, 2.75) is 0 Å². The van der Waals surface area contributed by atoms with Gasteiger partial charge in [0.15, 0.2) is 5.71 Å². The summed E-state index contributed by atoms with van der Waals surface area (Å²) in [4.78, 5) is 31.5. The number of halogens is 2. The number of carbonyl (C=O) groups excluding carboxylic acids is 2. The Labute approximate surface area is 176 Å². The highest BCUT2D eigenvalue weighted by molar-refractivity contribution is 6.55. The van der Waals surface area contributed by atoms with Crippen molar-refractivity contribution in [2.75, 3.05) is 10.2 Å². The fourth-order valence-electron chi connectivity index (χ4n) is 2.97. The van der Waals surface area contributed by atoms with Crippen molar-refractivity contribution >= 4 is 58.0 Å². The van der Waals surface area contributed by atoms with Gasteiger partial charge in [-0.25, -0.2) is 4.79 Å². The Kier molecular flexibility index (Phi) is 5.20. The molecule has 0 saturated carbocycles. The lowest BCUT2D eigenvalue weighted by molar-refractivity contribution is -0.111. The van der Waals surface area contributed by atoms with E-state index in [0.717, 1.165) is 0 Å². The van der Waals surface area contributed by atoms with Crippen molar-refractivity contribution in [1.29, 1.82) is 0 Å². The molecule has 0 fully saturated rings. The number of nitrogens with zero attached hydrogens (tertiary/aromatic N) is 2. The van der Waals surface area contributed by atoms with E-state index >= 15 is 0 Å². The minimum Gasteiger partial charge on any atom is -0.297 e. The summed E-state index contributed by atoms with van der Waals surface area (Å²) < 4.78 is 0. The molecule has 29 heavy (non-hydrogen) atoms. The Balaban J connectivity index is 1.58. The highest BCUT2D eigenvalue weighted by atomic mass is 35.5. The van der Waals surface area contributed by atoms with Gasteiger partial charge in [-0.3, -0.25) is 19.8 Å². The summed E-state index contributed by atoms with van der Waals surface area (Å²) >= 11 is 11.8. The molecule has 0 radical (unpaired) electrons. The van der Waals surface area contributed by atoms with Crippen molar-refractivity contribution in [3.05, 3.63) is 88.4 Å². The van der Waals surface area contributed by atoms with Crippen molar-refractivity contribution in [3.8, 4) is 0 Å². The van der Waals surface area contributed by atoms with E-state index in [4.69, 9.17) is 28.0 Å². The van der Waals surface area contributed by atoms with E-state index in [0.29, 0.717) is 32.7 Å². The zero-order valence-corrected chi connectivity index (χ0v) is 16.3. The molecule has 3 aromatic carbocycles. The molecule has 1 aliphatic heterocycles. The minimum absolute atomic E-state index is 0.0312. The summed E-state index contributed by atoms with van der Waals surface area (Å²) in [6.45, 7) is 0. The van der Waals surface area contributed by atoms with Gasteiger partial charge in [-0.15, -0.1) is 0 Å². The smallest absolute Gasteiger partial charge is 0.297 e. The van der Waals surface area contributed by atoms with Gasteiger partial charge in [-0.05, 0) is 36.4 Å². The lowest BCUT2D eigenvalue weighted by Crippen LogP contribution is -2.26. The molecule has 8 heteroatoms. The van der Waals surface area contributed by atoms with Crippen LogP contribution >= 0.6 is 23.2 Å². The normalized spacial score (nSPS) is 14.1. The second kappa shape index (κ2) is 7.95. The largest absolute Gasteiger partial charge is 0.437 e. The van der Waals surface area contributed by atoms with Gasteiger partial charge in [0.25, 0.3) is 5.91 Å². The lowest BCUT2D eigenvalue weighted by atomic mass is 10.1. The fourth-order valence-corrected chi connectivity index (χ4v) is 3.50. The Bertz CT molecular complexity index is 1110. The number of anilines is 3. The summed E-state index contributed by atoms with van der Waals surface area (Å²) in [6, 6.07) is 20.9. The van der Waals surface area contributed by atoms with Crippen LogP contribution in [0.5, 0.6) is 0 Å². The third-order valence-corrected chi connectivity index (χ3v) is 4.59. The molecule has 3 aromatic rings. The number of oxime groups is 1. The Morgan fingerprint density at radius 2 is 1.59 bits per heavy atom. The predicted octanol–water partition coefficient (Wildman–Crippen LogP) is 5.62. The maximum Gasteiger partial charge on any atom is 0.437 e. The first-order chi connectivity index (χ1) is 14.0. The van der Waals surface area contributed by atoms with Gasteiger partial charge in [-0.1, -0.05) is 64.8 Å². The molecular weight excluding hydrogens is 413 g/mol. The van der Waals surface area contributed by atoms with Crippen LogP contribution in [0.1, 0.15) is 5.56 Å². The predicted molar refractivity (Wildman–Crippen MR) is 113 cm³/mol. The zero-order chi connectivity index (χ0) is 20.4. The zero-order valence-electron chi connectivity index (χ0n) is 14.8. The molecular formula is C21H13Cl2N3O3. The first-order valence-electron chi connectivity index (χ1n) is 8.54. The van der Waals surface area contributed by atoms with Crippen LogP contribution in [0.2, 0.25) is 10.0 Å². The number of fused-ring (bicyclic) bond motifs is 1. The van der Waals surface area contributed by atoms with E-state index in [-0.39, 0.29) is 5.71 Å². The number of hydrogen-bond donors (Lipinski definition) is 1. The number of hydrogen-bond acceptors (Lipinski definition) is 4. The highest BCUT2D eigenvalue weighted by Crippen LogP contribution is 2.35. The van der Waals surface area contributed by atoms with Gasteiger partial charge in [0.05, 0.1) is 5.69 Å². The van der Waals surface area contributed by atoms with Gasteiger partial charge >= 0.3 is 6.09 Å². The van der Waals surface area contributed by atoms with Crippen LogP contribution in [-0.4, -0.2) is 17.7 Å². The van der Waals surface area contributed by atoms with Crippen LogP contribution in [0, 0.1) is 0 Å². The third kappa shape index (κ3) is 3.94. The van der Waals surface area contributed by atoms with Crippen LogP contribution in [0.3, 0.4) is 0 Å². The number of benzene rings is 3. The molecule has 1 N–H and O–H groups in total. The van der Waals surface area contributed by atoms with Crippen LogP contribution in [0.25, 0.3) is 0 Å². The fraction of sp³-hybridized carbons (Fsp3) is 0. The second-order valence-corrected chi connectivity index (χ2v) is 6.97. The van der Waals surface area contributed by atoms with Gasteiger partial charge in [0.1, 0.15) is 0 Å². The molecule has 0 bridgehead atoms. The van der Waals surface area contributed by atoms with E-state index in [1.54, 1.807) is 18.2 Å². The van der Waals surface area contributed by atoms with E-state index in [1.807, 2.05) is 36.4 Å². The summed E-state index contributed by atoms with van der Waals surface area (Å²) in [6.07, 6.45) is -0.876. The summed E-state index contributed by atoms with van der Waals surface area (Å²) in [7, 11) is 0. The van der Waals surface area contributed by atoms with E-state index in [9.17, 15) is 9.59 Å². The SMILES string of the molecule is O=C(Nc1cc(Cl)cc(Cl)c1)ON=C1C(=O)N(c2ccccc2)c2ccccc21. The standard InChI is InChI=1S/C21H13Cl2N3O3/c22-13-10-14(23)12-15(11-13)24-21(28)29-25-19-17-8-4-5-9-18(17)26(20(19)27)16-6-2-1-3-7-16/h1-12H,(H,24,28). The average Bonchev–Trinajstić information content (AvgIpc) is 2.97.